The molecule has 0 aliphatic carbocycles. The van der Waals surface area contributed by atoms with Crippen molar-refractivity contribution in [3.63, 3.8) is 0 Å². The van der Waals surface area contributed by atoms with Gasteiger partial charge in [0.25, 0.3) is 5.91 Å². The molecule has 7 heteroatoms. The number of hydrogen-bond donors (Lipinski definition) is 1. The third-order valence-corrected chi connectivity index (χ3v) is 5.57. The van der Waals surface area contributed by atoms with Gasteiger partial charge in [-0.1, -0.05) is 0 Å². The number of amides is 2. The first-order chi connectivity index (χ1) is 13.6. The minimum absolute atomic E-state index is 0.190. The Morgan fingerprint density at radius 3 is 2.18 bits per heavy atom. The van der Waals surface area contributed by atoms with Gasteiger partial charge in [-0.25, -0.2) is 9.29 Å². The molecular formula is C21H23FN3O3+. The maximum absolute atomic E-state index is 13.2. The molecule has 4 rings (SSSR count). The van der Waals surface area contributed by atoms with Gasteiger partial charge < -0.3 is 14.5 Å². The molecule has 2 fully saturated rings. The molecule has 2 aromatic rings. The Hall–Kier alpha value is -2.93. The van der Waals surface area contributed by atoms with E-state index in [0.29, 0.717) is 5.69 Å². The fourth-order valence-electron chi connectivity index (χ4n) is 4.01. The number of ether oxygens (including phenoxy) is 1. The molecule has 0 saturated carbocycles. The van der Waals surface area contributed by atoms with Crippen LogP contribution in [0.1, 0.15) is 6.42 Å². The monoisotopic (exact) mass is 384 g/mol. The summed E-state index contributed by atoms with van der Waals surface area (Å²) in [6, 6.07) is 13.1. The molecule has 0 bridgehead atoms. The SMILES string of the molecule is COc1ccc(N2CC[NH+]([C@@H]3CC(=O)N(c4ccc(F)cc4)C3=O)CC2)cc1. The average Bonchev–Trinajstić information content (AvgIpc) is 3.03. The summed E-state index contributed by atoms with van der Waals surface area (Å²) in [6.07, 6.45) is 0.202. The van der Waals surface area contributed by atoms with Crippen molar-refractivity contribution in [2.45, 2.75) is 12.5 Å². The molecule has 1 N–H and O–H groups in total. The summed E-state index contributed by atoms with van der Waals surface area (Å²) >= 11 is 0. The Bertz CT molecular complexity index is 861. The zero-order valence-corrected chi connectivity index (χ0v) is 15.7. The molecule has 2 heterocycles. The number of halogens is 1. The average molecular weight is 384 g/mol. The van der Waals surface area contributed by atoms with Crippen LogP contribution in [-0.4, -0.2) is 51.1 Å². The quantitative estimate of drug-likeness (QED) is 0.795. The van der Waals surface area contributed by atoms with Crippen molar-refractivity contribution in [3.8, 4) is 5.75 Å². The molecule has 2 aromatic carbocycles. The highest BCUT2D eigenvalue weighted by atomic mass is 19.1. The number of carbonyl (C=O) groups excluding carboxylic acids is 2. The number of piperazine rings is 1. The van der Waals surface area contributed by atoms with Crippen molar-refractivity contribution in [2.24, 2.45) is 0 Å². The third kappa shape index (κ3) is 3.45. The van der Waals surface area contributed by atoms with Crippen LogP contribution in [0.4, 0.5) is 15.8 Å². The summed E-state index contributed by atoms with van der Waals surface area (Å²) in [4.78, 5) is 29.9. The van der Waals surface area contributed by atoms with E-state index in [4.69, 9.17) is 4.74 Å². The lowest BCUT2D eigenvalue weighted by Gasteiger charge is -2.35. The van der Waals surface area contributed by atoms with Crippen LogP contribution < -0.4 is 19.4 Å². The van der Waals surface area contributed by atoms with Gasteiger partial charge in [0.1, 0.15) is 11.6 Å². The second-order valence-corrected chi connectivity index (χ2v) is 7.14. The van der Waals surface area contributed by atoms with Crippen LogP contribution in [0.15, 0.2) is 48.5 Å². The zero-order chi connectivity index (χ0) is 19.7. The normalized spacial score (nSPS) is 20.7. The van der Waals surface area contributed by atoms with E-state index >= 15 is 0 Å². The van der Waals surface area contributed by atoms with Crippen molar-refractivity contribution in [1.82, 2.24) is 0 Å². The van der Waals surface area contributed by atoms with E-state index in [1.54, 1.807) is 7.11 Å². The first-order valence-electron chi connectivity index (χ1n) is 9.43. The Morgan fingerprint density at radius 2 is 1.57 bits per heavy atom. The molecular weight excluding hydrogens is 361 g/mol. The molecule has 2 amide bonds. The van der Waals surface area contributed by atoms with E-state index < -0.39 is 0 Å². The predicted octanol–water partition coefficient (Wildman–Crippen LogP) is 0.871. The molecule has 2 aliphatic rings. The second kappa shape index (κ2) is 7.59. The summed E-state index contributed by atoms with van der Waals surface area (Å²) in [5.74, 6) is 0.0276. The summed E-state index contributed by atoms with van der Waals surface area (Å²) < 4.78 is 18.3. The summed E-state index contributed by atoms with van der Waals surface area (Å²) in [7, 11) is 1.65. The van der Waals surface area contributed by atoms with Gasteiger partial charge in [0.15, 0.2) is 6.04 Å². The van der Waals surface area contributed by atoms with Crippen LogP contribution in [0, 0.1) is 5.82 Å². The standard InChI is InChI=1S/C21H22FN3O3/c1-28-18-8-6-16(7-9-18)23-10-12-24(13-11-23)19-14-20(26)25(21(19)27)17-4-2-15(22)3-5-17/h2-9,19H,10-14H2,1H3/p+1/t19-/m1/s1. The topological polar surface area (TPSA) is 54.3 Å². The van der Waals surface area contributed by atoms with Crippen LogP contribution >= 0.6 is 0 Å². The molecule has 2 saturated heterocycles. The number of rotatable bonds is 4. The number of nitrogens with one attached hydrogen (secondary N) is 1. The fraction of sp³-hybridized carbons (Fsp3) is 0.333. The van der Waals surface area contributed by atoms with Crippen LogP contribution in [0.25, 0.3) is 0 Å². The van der Waals surface area contributed by atoms with E-state index in [1.807, 2.05) is 24.3 Å². The Labute approximate surface area is 163 Å². The number of benzene rings is 2. The van der Waals surface area contributed by atoms with Gasteiger partial charge in [-0.05, 0) is 48.5 Å². The van der Waals surface area contributed by atoms with Crippen molar-refractivity contribution in [1.29, 1.82) is 0 Å². The Morgan fingerprint density at radius 1 is 0.964 bits per heavy atom. The first-order valence-corrected chi connectivity index (χ1v) is 9.43. The molecule has 0 radical (unpaired) electrons. The number of anilines is 2. The van der Waals surface area contributed by atoms with E-state index in [2.05, 4.69) is 4.90 Å². The fourth-order valence-corrected chi connectivity index (χ4v) is 4.01. The predicted molar refractivity (Wildman–Crippen MR) is 103 cm³/mol. The number of hydrogen-bond acceptors (Lipinski definition) is 4. The maximum atomic E-state index is 13.2. The third-order valence-electron chi connectivity index (χ3n) is 5.57. The van der Waals surface area contributed by atoms with Crippen molar-refractivity contribution < 1.29 is 23.6 Å². The van der Waals surface area contributed by atoms with Crippen LogP contribution in [0.3, 0.4) is 0 Å². The highest BCUT2D eigenvalue weighted by molar-refractivity contribution is 6.21. The van der Waals surface area contributed by atoms with E-state index in [-0.39, 0.29) is 30.1 Å². The highest BCUT2D eigenvalue weighted by Crippen LogP contribution is 2.23. The van der Waals surface area contributed by atoms with Crippen molar-refractivity contribution >= 4 is 23.2 Å². The largest absolute Gasteiger partial charge is 0.497 e. The minimum Gasteiger partial charge on any atom is -0.497 e. The summed E-state index contributed by atoms with van der Waals surface area (Å²) in [5.41, 5.74) is 1.57. The molecule has 6 nitrogen and oxygen atoms in total. The Kier molecular flexibility index (Phi) is 5.00. The van der Waals surface area contributed by atoms with Crippen LogP contribution in [0.5, 0.6) is 5.75 Å². The van der Waals surface area contributed by atoms with Crippen LogP contribution in [0.2, 0.25) is 0 Å². The maximum Gasteiger partial charge on any atom is 0.292 e. The number of quaternary nitrogens is 1. The number of methoxy groups -OCH3 is 1. The zero-order valence-electron chi connectivity index (χ0n) is 15.7. The van der Waals surface area contributed by atoms with Crippen molar-refractivity contribution in [3.05, 3.63) is 54.3 Å². The van der Waals surface area contributed by atoms with E-state index in [9.17, 15) is 14.0 Å². The van der Waals surface area contributed by atoms with Gasteiger partial charge >= 0.3 is 0 Å². The Balaban J connectivity index is 1.41. The molecule has 0 aromatic heterocycles. The lowest BCUT2D eigenvalue weighted by Crippen LogP contribution is -3.19. The second-order valence-electron chi connectivity index (χ2n) is 7.14. The summed E-state index contributed by atoms with van der Waals surface area (Å²) in [6.45, 7) is 3.20. The smallest absolute Gasteiger partial charge is 0.292 e. The number of nitrogens with zero attached hydrogens (tertiary/aromatic N) is 2. The molecule has 1 atom stereocenters. The molecule has 146 valence electrons. The first kappa shape index (κ1) is 18.4. The van der Waals surface area contributed by atoms with Gasteiger partial charge in [-0.15, -0.1) is 0 Å². The van der Waals surface area contributed by atoms with Gasteiger partial charge in [0.05, 0.1) is 45.4 Å². The van der Waals surface area contributed by atoms with Gasteiger partial charge in [0, 0.05) is 5.69 Å². The summed E-state index contributed by atoms with van der Waals surface area (Å²) in [5, 5.41) is 0. The molecule has 0 unspecified atom stereocenters. The number of carbonyl (C=O) groups is 2. The molecule has 0 spiro atoms. The van der Waals surface area contributed by atoms with E-state index in [1.165, 1.54) is 29.2 Å². The lowest BCUT2D eigenvalue weighted by molar-refractivity contribution is -0.915. The van der Waals surface area contributed by atoms with Gasteiger partial charge in [0.2, 0.25) is 5.91 Å². The lowest BCUT2D eigenvalue weighted by atomic mass is 10.1. The molecule has 2 aliphatic heterocycles. The van der Waals surface area contributed by atoms with Crippen LogP contribution in [-0.2, 0) is 9.59 Å². The van der Waals surface area contributed by atoms with Gasteiger partial charge in [-0.3, -0.25) is 9.59 Å². The highest BCUT2D eigenvalue weighted by Gasteiger charge is 2.46. The van der Waals surface area contributed by atoms with Gasteiger partial charge in [-0.2, -0.15) is 0 Å². The molecule has 28 heavy (non-hydrogen) atoms. The minimum atomic E-state index is -0.389. The van der Waals surface area contributed by atoms with E-state index in [0.717, 1.165) is 42.5 Å². The van der Waals surface area contributed by atoms with Crippen molar-refractivity contribution in [2.75, 3.05) is 43.1 Å². The number of imide groups is 1.